The van der Waals surface area contributed by atoms with Gasteiger partial charge in [0.2, 0.25) is 0 Å². The van der Waals surface area contributed by atoms with Crippen LogP contribution in [-0.2, 0) is 13.0 Å². The summed E-state index contributed by atoms with van der Waals surface area (Å²) in [5.74, 6) is 0.895. The van der Waals surface area contributed by atoms with E-state index in [1.165, 1.54) is 0 Å². The van der Waals surface area contributed by atoms with Gasteiger partial charge in [0.25, 0.3) is 0 Å². The monoisotopic (exact) mass is 348 g/mol. The van der Waals surface area contributed by atoms with Gasteiger partial charge in [-0.3, -0.25) is 4.90 Å². The van der Waals surface area contributed by atoms with Gasteiger partial charge in [0.1, 0.15) is 5.76 Å². The molecule has 6 nitrogen and oxygen atoms in total. The summed E-state index contributed by atoms with van der Waals surface area (Å²) in [5.41, 5.74) is 1.13. The zero-order valence-corrected chi connectivity index (χ0v) is 15.0. The van der Waals surface area contributed by atoms with Crippen LogP contribution in [0.25, 0.3) is 0 Å². The van der Waals surface area contributed by atoms with Crippen molar-refractivity contribution in [1.29, 1.82) is 0 Å². The topological polar surface area (TPSA) is 61.6 Å². The van der Waals surface area contributed by atoms with Crippen LogP contribution in [0.3, 0.4) is 0 Å². The number of urea groups is 1. The summed E-state index contributed by atoms with van der Waals surface area (Å²) in [6, 6.07) is 3.87. The minimum absolute atomic E-state index is 0.0122. The predicted molar refractivity (Wildman–Crippen MR) is 94.1 cm³/mol. The van der Waals surface area contributed by atoms with E-state index in [1.54, 1.807) is 17.6 Å². The average Bonchev–Trinajstić information content (AvgIpc) is 3.20. The molecule has 0 unspecified atom stereocenters. The maximum atomic E-state index is 12.4. The van der Waals surface area contributed by atoms with Gasteiger partial charge in [-0.25, -0.2) is 9.78 Å². The lowest BCUT2D eigenvalue weighted by molar-refractivity contribution is 0.133. The fourth-order valence-corrected chi connectivity index (χ4v) is 3.51. The summed E-state index contributed by atoms with van der Waals surface area (Å²) in [5, 5.41) is 6.27. The third-order valence-electron chi connectivity index (χ3n) is 4.17. The normalized spacial score (nSPS) is 17.0. The summed E-state index contributed by atoms with van der Waals surface area (Å²) in [6.45, 7) is 8.17. The average molecular weight is 348 g/mol. The van der Waals surface area contributed by atoms with Gasteiger partial charge < -0.3 is 14.6 Å². The lowest BCUT2D eigenvalue weighted by Gasteiger charge is -2.34. The first-order chi connectivity index (χ1) is 11.6. The van der Waals surface area contributed by atoms with Gasteiger partial charge >= 0.3 is 6.03 Å². The molecule has 3 heterocycles. The highest BCUT2D eigenvalue weighted by atomic mass is 32.1. The molecule has 0 radical (unpaired) electrons. The molecule has 1 aliphatic rings. The standard InChI is InChI=1S/C17H24N4O2S/c1-13(10-16-4-3-9-23-16)18-17(22)21-7-5-20(6-8-21)11-15-12-24-14(2)19-15/h3-4,9,12-13H,5-8,10-11H2,1-2H3,(H,18,22)/t13-/m1/s1. The lowest BCUT2D eigenvalue weighted by Crippen LogP contribution is -2.53. The van der Waals surface area contributed by atoms with Crippen molar-refractivity contribution >= 4 is 17.4 Å². The number of hydrogen-bond acceptors (Lipinski definition) is 5. The Hall–Kier alpha value is -1.86. The maximum absolute atomic E-state index is 12.4. The van der Waals surface area contributed by atoms with Crippen LogP contribution < -0.4 is 5.32 Å². The van der Waals surface area contributed by atoms with Crippen molar-refractivity contribution in [3.63, 3.8) is 0 Å². The Bertz CT molecular complexity index is 647. The Kier molecular flexibility index (Phi) is 5.52. The van der Waals surface area contributed by atoms with E-state index in [0.717, 1.165) is 49.2 Å². The molecule has 2 aromatic rings. The molecule has 2 aromatic heterocycles. The molecule has 0 bridgehead atoms. The molecule has 1 fully saturated rings. The molecule has 0 aliphatic carbocycles. The number of nitrogens with zero attached hydrogens (tertiary/aromatic N) is 3. The highest BCUT2D eigenvalue weighted by molar-refractivity contribution is 7.09. The number of amides is 2. The summed E-state index contributed by atoms with van der Waals surface area (Å²) < 4.78 is 5.33. The Morgan fingerprint density at radius 3 is 2.83 bits per heavy atom. The summed E-state index contributed by atoms with van der Waals surface area (Å²) in [4.78, 5) is 21.1. The predicted octanol–water partition coefficient (Wildman–Crippen LogP) is 2.50. The zero-order valence-electron chi connectivity index (χ0n) is 14.2. The van der Waals surface area contributed by atoms with Crippen LogP contribution in [0.2, 0.25) is 0 Å². The van der Waals surface area contributed by atoms with E-state index in [1.807, 2.05) is 30.9 Å². The Labute approximate surface area is 146 Å². The Morgan fingerprint density at radius 1 is 1.42 bits per heavy atom. The van der Waals surface area contributed by atoms with E-state index >= 15 is 0 Å². The number of thiazole rings is 1. The van der Waals surface area contributed by atoms with Gasteiger partial charge in [0, 0.05) is 50.6 Å². The number of rotatable bonds is 5. The van der Waals surface area contributed by atoms with Crippen LogP contribution in [0.5, 0.6) is 0 Å². The van der Waals surface area contributed by atoms with E-state index in [0.29, 0.717) is 6.42 Å². The van der Waals surface area contributed by atoms with Crippen molar-refractivity contribution in [2.45, 2.75) is 32.9 Å². The second-order valence-corrected chi connectivity index (χ2v) is 7.32. The van der Waals surface area contributed by atoms with Crippen molar-refractivity contribution in [2.24, 2.45) is 0 Å². The first-order valence-corrected chi connectivity index (χ1v) is 9.19. The molecule has 7 heteroatoms. The third-order valence-corrected chi connectivity index (χ3v) is 4.99. The zero-order chi connectivity index (χ0) is 16.9. The molecule has 1 saturated heterocycles. The molecule has 0 saturated carbocycles. The largest absolute Gasteiger partial charge is 0.469 e. The van der Waals surface area contributed by atoms with Crippen LogP contribution in [0.4, 0.5) is 4.79 Å². The molecule has 130 valence electrons. The van der Waals surface area contributed by atoms with Gasteiger partial charge in [-0.15, -0.1) is 11.3 Å². The van der Waals surface area contributed by atoms with E-state index in [-0.39, 0.29) is 12.1 Å². The van der Waals surface area contributed by atoms with Gasteiger partial charge in [-0.05, 0) is 26.0 Å². The van der Waals surface area contributed by atoms with E-state index in [2.05, 4.69) is 20.6 Å². The molecule has 0 aromatic carbocycles. The van der Waals surface area contributed by atoms with Crippen molar-refractivity contribution in [3.05, 3.63) is 40.2 Å². The van der Waals surface area contributed by atoms with Crippen molar-refractivity contribution < 1.29 is 9.21 Å². The summed E-state index contributed by atoms with van der Waals surface area (Å²) >= 11 is 1.69. The van der Waals surface area contributed by atoms with Crippen LogP contribution in [0, 0.1) is 6.92 Å². The third kappa shape index (κ3) is 4.58. The molecule has 24 heavy (non-hydrogen) atoms. The highest BCUT2D eigenvalue weighted by Crippen LogP contribution is 2.12. The first kappa shape index (κ1) is 17.0. The van der Waals surface area contributed by atoms with E-state index < -0.39 is 0 Å². The molecule has 2 amide bonds. The maximum Gasteiger partial charge on any atom is 0.317 e. The Balaban J connectivity index is 1.41. The lowest BCUT2D eigenvalue weighted by atomic mass is 10.2. The van der Waals surface area contributed by atoms with E-state index in [4.69, 9.17) is 4.42 Å². The smallest absolute Gasteiger partial charge is 0.317 e. The number of nitrogens with one attached hydrogen (secondary N) is 1. The second kappa shape index (κ2) is 7.81. The molecule has 3 rings (SSSR count). The molecule has 1 aliphatic heterocycles. The second-order valence-electron chi connectivity index (χ2n) is 6.26. The quantitative estimate of drug-likeness (QED) is 0.902. The van der Waals surface area contributed by atoms with E-state index in [9.17, 15) is 4.79 Å². The van der Waals surface area contributed by atoms with Crippen molar-refractivity contribution in [3.8, 4) is 0 Å². The van der Waals surface area contributed by atoms with Crippen molar-refractivity contribution in [2.75, 3.05) is 26.2 Å². The number of carbonyl (C=O) groups excluding carboxylic acids is 1. The fourth-order valence-electron chi connectivity index (χ4n) is 2.90. The van der Waals surface area contributed by atoms with Gasteiger partial charge in [-0.1, -0.05) is 0 Å². The highest BCUT2D eigenvalue weighted by Gasteiger charge is 2.22. The minimum atomic E-state index is 0.0122. The number of aryl methyl sites for hydroxylation is 1. The molecular weight excluding hydrogens is 324 g/mol. The molecular formula is C17H24N4O2S. The molecule has 0 spiro atoms. The van der Waals surface area contributed by atoms with Crippen molar-refractivity contribution in [1.82, 2.24) is 20.1 Å². The van der Waals surface area contributed by atoms with Crippen LogP contribution in [0.1, 0.15) is 23.4 Å². The fraction of sp³-hybridized carbons (Fsp3) is 0.529. The molecule has 1 N–H and O–H groups in total. The van der Waals surface area contributed by atoms with Crippen LogP contribution in [-0.4, -0.2) is 53.0 Å². The van der Waals surface area contributed by atoms with Gasteiger partial charge in [-0.2, -0.15) is 0 Å². The first-order valence-electron chi connectivity index (χ1n) is 8.31. The SMILES string of the molecule is Cc1nc(CN2CCN(C(=O)N[C@H](C)Cc3ccco3)CC2)cs1. The number of carbonyl (C=O) groups is 1. The number of aromatic nitrogens is 1. The number of hydrogen-bond donors (Lipinski definition) is 1. The summed E-state index contributed by atoms with van der Waals surface area (Å²) in [6.07, 6.45) is 2.37. The number of piperazine rings is 1. The Morgan fingerprint density at radius 2 is 2.21 bits per heavy atom. The molecule has 1 atom stereocenters. The van der Waals surface area contributed by atoms with Crippen LogP contribution in [0.15, 0.2) is 28.2 Å². The van der Waals surface area contributed by atoms with Gasteiger partial charge in [0.15, 0.2) is 0 Å². The van der Waals surface area contributed by atoms with Crippen LogP contribution >= 0.6 is 11.3 Å². The number of furan rings is 1. The summed E-state index contributed by atoms with van der Waals surface area (Å²) in [7, 11) is 0. The minimum Gasteiger partial charge on any atom is -0.469 e. The van der Waals surface area contributed by atoms with Gasteiger partial charge in [0.05, 0.1) is 17.0 Å².